The van der Waals surface area contributed by atoms with Crippen LogP contribution in [-0.4, -0.2) is 23.6 Å². The van der Waals surface area contributed by atoms with E-state index in [1.54, 1.807) is 0 Å². The van der Waals surface area contributed by atoms with Gasteiger partial charge in [0.2, 0.25) is 0 Å². The maximum Gasteiger partial charge on any atom is 0.131 e. The molecule has 1 fully saturated rings. The summed E-state index contributed by atoms with van der Waals surface area (Å²) in [7, 11) is 0. The lowest BCUT2D eigenvalue weighted by Crippen LogP contribution is -2.39. The minimum Gasteiger partial charge on any atom is -0.354 e. The monoisotopic (exact) mass is 233 g/mol. The minimum atomic E-state index is 0.193. The summed E-state index contributed by atoms with van der Waals surface area (Å²) in [6, 6.07) is 4.96. The second-order valence-corrected chi connectivity index (χ2v) is 5.21. The highest BCUT2D eigenvalue weighted by Crippen LogP contribution is 2.26. The van der Waals surface area contributed by atoms with Crippen LogP contribution >= 0.6 is 0 Å². The lowest BCUT2D eigenvalue weighted by atomic mass is 10.0. The van der Waals surface area contributed by atoms with Gasteiger partial charge in [0.05, 0.1) is 0 Å². The average molecular weight is 233 g/mol. The van der Waals surface area contributed by atoms with Gasteiger partial charge in [0, 0.05) is 24.8 Å². The topological polar surface area (TPSA) is 42.1 Å². The summed E-state index contributed by atoms with van der Waals surface area (Å²) in [5.74, 6) is 1.15. The maximum atomic E-state index is 5.91. The Balaban J connectivity index is 2.23. The van der Waals surface area contributed by atoms with Crippen LogP contribution < -0.4 is 10.6 Å². The first kappa shape index (κ1) is 12.4. The fraction of sp³-hybridized carbons (Fsp3) is 0.643. The molecule has 3 heteroatoms. The number of hydrogen-bond acceptors (Lipinski definition) is 3. The third kappa shape index (κ3) is 2.97. The molecular weight excluding hydrogens is 210 g/mol. The summed E-state index contributed by atoms with van der Waals surface area (Å²) in [5, 5.41) is 0. The number of aromatic nitrogens is 1. The molecule has 1 aliphatic heterocycles. The molecule has 0 aliphatic carbocycles. The summed E-state index contributed by atoms with van der Waals surface area (Å²) in [6.45, 7) is 5.48. The van der Waals surface area contributed by atoms with Gasteiger partial charge < -0.3 is 10.6 Å². The number of nitrogens with zero attached hydrogens (tertiary/aromatic N) is 2. The van der Waals surface area contributed by atoms with Crippen LogP contribution in [0.15, 0.2) is 18.3 Å². The molecule has 3 nitrogen and oxygen atoms in total. The van der Waals surface area contributed by atoms with Gasteiger partial charge in [-0.3, -0.25) is 0 Å². The molecule has 2 heterocycles. The average Bonchev–Trinajstić information content (AvgIpc) is 2.30. The van der Waals surface area contributed by atoms with E-state index < -0.39 is 0 Å². The van der Waals surface area contributed by atoms with E-state index >= 15 is 0 Å². The molecule has 2 atom stereocenters. The zero-order chi connectivity index (χ0) is 12.3. The number of piperidine rings is 1. The van der Waals surface area contributed by atoms with Gasteiger partial charge in [0.15, 0.2) is 0 Å². The Morgan fingerprint density at radius 2 is 2.35 bits per heavy atom. The van der Waals surface area contributed by atoms with Crippen molar-refractivity contribution in [2.24, 2.45) is 5.73 Å². The van der Waals surface area contributed by atoms with Gasteiger partial charge in [-0.2, -0.15) is 0 Å². The van der Waals surface area contributed by atoms with Crippen LogP contribution in [-0.2, 0) is 6.42 Å². The van der Waals surface area contributed by atoms with E-state index in [9.17, 15) is 0 Å². The summed E-state index contributed by atoms with van der Waals surface area (Å²) in [6.07, 6.45) is 6.69. The first-order valence-corrected chi connectivity index (χ1v) is 6.64. The highest BCUT2D eigenvalue weighted by atomic mass is 15.2. The first-order valence-electron chi connectivity index (χ1n) is 6.64. The Labute approximate surface area is 104 Å². The highest BCUT2D eigenvalue weighted by Gasteiger charge is 2.21. The maximum absolute atomic E-state index is 5.91. The van der Waals surface area contributed by atoms with Crippen molar-refractivity contribution >= 4 is 5.82 Å². The van der Waals surface area contributed by atoms with Crippen LogP contribution in [0.2, 0.25) is 0 Å². The molecule has 0 aromatic carbocycles. The van der Waals surface area contributed by atoms with Gasteiger partial charge >= 0.3 is 0 Å². The molecular formula is C14H23N3. The number of anilines is 1. The van der Waals surface area contributed by atoms with Crippen molar-refractivity contribution in [3.05, 3.63) is 23.9 Å². The number of rotatable bonds is 3. The number of pyridine rings is 1. The molecule has 0 saturated carbocycles. The molecule has 17 heavy (non-hydrogen) atoms. The summed E-state index contributed by atoms with van der Waals surface area (Å²) in [4.78, 5) is 7.02. The van der Waals surface area contributed by atoms with Gasteiger partial charge in [-0.1, -0.05) is 6.07 Å². The minimum absolute atomic E-state index is 0.193. The van der Waals surface area contributed by atoms with Crippen molar-refractivity contribution in [2.75, 3.05) is 11.4 Å². The van der Waals surface area contributed by atoms with E-state index in [-0.39, 0.29) is 6.04 Å². The smallest absolute Gasteiger partial charge is 0.131 e. The molecule has 0 spiro atoms. The van der Waals surface area contributed by atoms with Crippen molar-refractivity contribution < 1.29 is 0 Å². The van der Waals surface area contributed by atoms with Gasteiger partial charge in [0.25, 0.3) is 0 Å². The van der Waals surface area contributed by atoms with Crippen LogP contribution in [0.25, 0.3) is 0 Å². The van der Waals surface area contributed by atoms with E-state index in [1.807, 2.05) is 12.3 Å². The molecule has 0 bridgehead atoms. The lowest BCUT2D eigenvalue weighted by molar-refractivity contribution is 0.479. The molecule has 2 rings (SSSR count). The lowest BCUT2D eigenvalue weighted by Gasteiger charge is -2.35. The molecule has 0 amide bonds. The SMILES string of the molecule is CC(N)Cc1cccnc1N1CCCCC1C. The van der Waals surface area contributed by atoms with E-state index in [0.717, 1.165) is 18.8 Å². The molecule has 1 saturated heterocycles. The van der Waals surface area contributed by atoms with Gasteiger partial charge in [-0.25, -0.2) is 4.98 Å². The molecule has 94 valence electrons. The molecule has 2 unspecified atom stereocenters. The van der Waals surface area contributed by atoms with Crippen molar-refractivity contribution in [1.82, 2.24) is 4.98 Å². The van der Waals surface area contributed by atoms with Crippen LogP contribution in [0.3, 0.4) is 0 Å². The second-order valence-electron chi connectivity index (χ2n) is 5.21. The second kappa shape index (κ2) is 5.50. The fourth-order valence-corrected chi connectivity index (χ4v) is 2.61. The quantitative estimate of drug-likeness (QED) is 0.871. The predicted molar refractivity (Wildman–Crippen MR) is 72.2 cm³/mol. The Kier molecular flexibility index (Phi) is 4.00. The Morgan fingerprint density at radius 3 is 3.06 bits per heavy atom. The first-order chi connectivity index (χ1) is 8.18. The third-order valence-corrected chi connectivity index (χ3v) is 3.48. The Bertz CT molecular complexity index is 362. The number of hydrogen-bond donors (Lipinski definition) is 1. The Hall–Kier alpha value is -1.09. The van der Waals surface area contributed by atoms with E-state index in [4.69, 9.17) is 5.73 Å². The zero-order valence-corrected chi connectivity index (χ0v) is 10.9. The van der Waals surface area contributed by atoms with Crippen molar-refractivity contribution in [1.29, 1.82) is 0 Å². The van der Waals surface area contributed by atoms with Crippen LogP contribution in [0.4, 0.5) is 5.82 Å². The van der Waals surface area contributed by atoms with Crippen molar-refractivity contribution in [2.45, 2.75) is 51.6 Å². The standard InChI is InChI=1S/C14H23N3/c1-11(15)10-13-7-5-8-16-14(13)17-9-4-3-6-12(17)2/h5,7-8,11-12H,3-4,6,9-10,15H2,1-2H3. The largest absolute Gasteiger partial charge is 0.354 e. The predicted octanol–water partition coefficient (Wildman–Crippen LogP) is 2.35. The zero-order valence-electron chi connectivity index (χ0n) is 10.9. The van der Waals surface area contributed by atoms with E-state index in [2.05, 4.69) is 29.8 Å². The highest BCUT2D eigenvalue weighted by molar-refractivity contribution is 5.48. The summed E-state index contributed by atoms with van der Waals surface area (Å²) >= 11 is 0. The number of nitrogens with two attached hydrogens (primary N) is 1. The van der Waals surface area contributed by atoms with Crippen molar-refractivity contribution in [3.8, 4) is 0 Å². The molecule has 0 radical (unpaired) electrons. The van der Waals surface area contributed by atoms with Gasteiger partial charge in [-0.15, -0.1) is 0 Å². The van der Waals surface area contributed by atoms with E-state index in [0.29, 0.717) is 6.04 Å². The Morgan fingerprint density at radius 1 is 1.53 bits per heavy atom. The van der Waals surface area contributed by atoms with Crippen molar-refractivity contribution in [3.63, 3.8) is 0 Å². The molecule has 1 aromatic rings. The normalized spacial score (nSPS) is 22.5. The summed E-state index contributed by atoms with van der Waals surface area (Å²) < 4.78 is 0. The molecule has 1 aliphatic rings. The van der Waals surface area contributed by atoms with Gasteiger partial charge in [0.1, 0.15) is 5.82 Å². The van der Waals surface area contributed by atoms with Crippen LogP contribution in [0.1, 0.15) is 38.7 Å². The van der Waals surface area contributed by atoms with Crippen LogP contribution in [0, 0.1) is 0 Å². The van der Waals surface area contributed by atoms with E-state index in [1.165, 1.54) is 24.8 Å². The molecule has 2 N–H and O–H groups in total. The van der Waals surface area contributed by atoms with Crippen LogP contribution in [0.5, 0.6) is 0 Å². The van der Waals surface area contributed by atoms with Gasteiger partial charge in [-0.05, 0) is 51.2 Å². The summed E-state index contributed by atoms with van der Waals surface area (Å²) in [5.41, 5.74) is 7.20. The third-order valence-electron chi connectivity index (χ3n) is 3.48. The molecule has 1 aromatic heterocycles. The fourth-order valence-electron chi connectivity index (χ4n) is 2.61.